The summed E-state index contributed by atoms with van der Waals surface area (Å²) in [5.41, 5.74) is 14.7. The minimum atomic E-state index is 0.0416. The second kappa shape index (κ2) is 8.58. The van der Waals surface area contributed by atoms with Gasteiger partial charge in [-0.25, -0.2) is 4.98 Å². The fourth-order valence-electron chi connectivity index (χ4n) is 6.96. The maximum Gasteiger partial charge on any atom is 0.248 e. The molecule has 0 N–H and O–H groups in total. The molecule has 0 amide bonds. The highest BCUT2D eigenvalue weighted by Gasteiger charge is 2.37. The van der Waals surface area contributed by atoms with Gasteiger partial charge in [0.15, 0.2) is 0 Å². The first-order valence-electron chi connectivity index (χ1n) is 14.1. The molecule has 0 bridgehead atoms. The molecule has 0 unspecified atom stereocenters. The molecule has 0 fully saturated rings. The molecule has 3 heterocycles. The molecule has 6 aromatic carbocycles. The highest BCUT2D eigenvalue weighted by Crippen LogP contribution is 2.32. The van der Waals surface area contributed by atoms with Crippen molar-refractivity contribution in [2.45, 2.75) is 0 Å². The molecule has 0 spiro atoms. The number of hydrogen-bond acceptors (Lipinski definition) is 1. The maximum atomic E-state index is 5.15. The molecule has 190 valence electrons. The number of para-hydroxylation sites is 4. The van der Waals surface area contributed by atoms with Crippen LogP contribution in [0.4, 0.5) is 0 Å². The molecular formula is C37H24BN3. The van der Waals surface area contributed by atoms with Crippen LogP contribution in [0.3, 0.4) is 0 Å². The molecule has 0 saturated heterocycles. The van der Waals surface area contributed by atoms with Gasteiger partial charge in [-0.15, -0.1) is 0 Å². The van der Waals surface area contributed by atoms with E-state index in [4.69, 9.17) is 4.98 Å². The first kappa shape index (κ1) is 22.5. The summed E-state index contributed by atoms with van der Waals surface area (Å²) in [6.45, 7) is 0.0416. The third kappa shape index (κ3) is 3.13. The van der Waals surface area contributed by atoms with E-state index in [1.807, 2.05) is 0 Å². The van der Waals surface area contributed by atoms with Crippen molar-refractivity contribution in [1.82, 2.24) is 14.0 Å². The van der Waals surface area contributed by atoms with Gasteiger partial charge in [-0.05, 0) is 57.4 Å². The summed E-state index contributed by atoms with van der Waals surface area (Å²) >= 11 is 0. The number of fused-ring (bicyclic) bond motifs is 7. The van der Waals surface area contributed by atoms with Crippen LogP contribution in [0.1, 0.15) is 0 Å². The Bertz CT molecular complexity index is 2200. The van der Waals surface area contributed by atoms with Crippen molar-refractivity contribution in [3.05, 3.63) is 146 Å². The summed E-state index contributed by atoms with van der Waals surface area (Å²) in [5.74, 6) is 0.958. The van der Waals surface area contributed by atoms with Crippen LogP contribution in [0.5, 0.6) is 0 Å². The molecule has 1 aliphatic heterocycles. The van der Waals surface area contributed by atoms with Crippen LogP contribution in [0.2, 0.25) is 0 Å². The highest BCUT2D eigenvalue weighted by atomic mass is 15.2. The molecule has 0 atom stereocenters. The van der Waals surface area contributed by atoms with Gasteiger partial charge in [-0.2, -0.15) is 0 Å². The van der Waals surface area contributed by atoms with Crippen molar-refractivity contribution in [2.24, 2.45) is 0 Å². The van der Waals surface area contributed by atoms with Crippen LogP contribution >= 0.6 is 0 Å². The normalized spacial score (nSPS) is 12.3. The molecule has 0 aliphatic carbocycles. The average molecular weight is 521 g/mol. The number of rotatable bonds is 3. The Kier molecular flexibility index (Phi) is 4.70. The SMILES string of the molecule is c1ccc(-c2cccc(-c3ccccc3)c2B2c3ccccc3-n3c4c2cccc4n2c4ccccc4nc32)cc1. The predicted octanol–water partition coefficient (Wildman–Crippen LogP) is 6.60. The number of nitrogens with zero attached hydrogens (tertiary/aromatic N) is 3. The zero-order valence-electron chi connectivity index (χ0n) is 22.3. The summed E-state index contributed by atoms with van der Waals surface area (Å²) in [5, 5.41) is 0. The zero-order chi connectivity index (χ0) is 26.9. The van der Waals surface area contributed by atoms with E-state index < -0.39 is 0 Å². The average Bonchev–Trinajstić information content (AvgIpc) is 3.58. The summed E-state index contributed by atoms with van der Waals surface area (Å²) in [6.07, 6.45) is 0. The molecule has 9 rings (SSSR count). The standard InChI is InChI=1S/C37H24BN3/c1-3-13-25(14-4-1)27-17-11-18-28(26-15-5-2-6-16-26)35(27)38-29-19-7-9-22-32(29)41-36-30(38)20-12-24-34(36)40-33-23-10-8-21-31(33)39-37(40)41/h1-24H. The summed E-state index contributed by atoms with van der Waals surface area (Å²) in [4.78, 5) is 5.15. The lowest BCUT2D eigenvalue weighted by atomic mass is 9.34. The topological polar surface area (TPSA) is 22.2 Å². The number of benzene rings is 6. The molecule has 0 saturated carbocycles. The fraction of sp³-hybridized carbons (Fsp3) is 0. The van der Waals surface area contributed by atoms with Crippen LogP contribution in [0, 0.1) is 0 Å². The Morgan fingerprint density at radius 3 is 1.83 bits per heavy atom. The summed E-state index contributed by atoms with van der Waals surface area (Å²) in [6, 6.07) is 52.5. The van der Waals surface area contributed by atoms with Gasteiger partial charge in [0, 0.05) is 5.69 Å². The summed E-state index contributed by atoms with van der Waals surface area (Å²) < 4.78 is 4.71. The third-order valence-corrected chi connectivity index (χ3v) is 8.62. The van der Waals surface area contributed by atoms with Crippen molar-refractivity contribution < 1.29 is 0 Å². The van der Waals surface area contributed by atoms with Crippen molar-refractivity contribution in [3.63, 3.8) is 0 Å². The lowest BCUT2D eigenvalue weighted by Gasteiger charge is -2.29. The monoisotopic (exact) mass is 521 g/mol. The first-order valence-corrected chi connectivity index (χ1v) is 14.1. The van der Waals surface area contributed by atoms with E-state index in [0.29, 0.717) is 0 Å². The third-order valence-electron chi connectivity index (χ3n) is 8.62. The lowest BCUT2D eigenvalue weighted by molar-refractivity contribution is 1.12. The van der Waals surface area contributed by atoms with E-state index in [0.717, 1.165) is 16.8 Å². The Balaban J connectivity index is 1.45. The van der Waals surface area contributed by atoms with E-state index in [2.05, 4.69) is 155 Å². The maximum absolute atomic E-state index is 5.15. The van der Waals surface area contributed by atoms with Gasteiger partial charge < -0.3 is 0 Å². The van der Waals surface area contributed by atoms with Gasteiger partial charge in [0.05, 0.1) is 22.1 Å². The smallest absolute Gasteiger partial charge is 0.248 e. The Morgan fingerprint density at radius 1 is 0.488 bits per heavy atom. The molecular weight excluding hydrogens is 497 g/mol. The van der Waals surface area contributed by atoms with Crippen LogP contribution in [0.15, 0.2) is 146 Å². The highest BCUT2D eigenvalue weighted by molar-refractivity contribution is 6.99. The number of imidazole rings is 2. The van der Waals surface area contributed by atoms with E-state index in [9.17, 15) is 0 Å². The predicted molar refractivity (Wildman–Crippen MR) is 172 cm³/mol. The van der Waals surface area contributed by atoms with Crippen molar-refractivity contribution in [2.75, 3.05) is 0 Å². The molecule has 41 heavy (non-hydrogen) atoms. The summed E-state index contributed by atoms with van der Waals surface area (Å²) in [7, 11) is 0. The molecule has 0 radical (unpaired) electrons. The molecule has 2 aromatic heterocycles. The van der Waals surface area contributed by atoms with Gasteiger partial charge in [0.1, 0.15) is 0 Å². The van der Waals surface area contributed by atoms with Gasteiger partial charge in [-0.1, -0.05) is 127 Å². The Labute approximate surface area is 238 Å². The molecule has 4 heteroatoms. The van der Waals surface area contributed by atoms with Crippen LogP contribution < -0.4 is 16.4 Å². The molecule has 1 aliphatic rings. The van der Waals surface area contributed by atoms with E-state index in [1.165, 1.54) is 55.4 Å². The van der Waals surface area contributed by atoms with Gasteiger partial charge in [-0.3, -0.25) is 8.97 Å². The second-order valence-electron chi connectivity index (χ2n) is 10.8. The van der Waals surface area contributed by atoms with Crippen molar-refractivity contribution in [1.29, 1.82) is 0 Å². The van der Waals surface area contributed by atoms with Crippen LogP contribution in [0.25, 0.3) is 55.8 Å². The molecule has 3 nitrogen and oxygen atoms in total. The second-order valence-corrected chi connectivity index (χ2v) is 10.8. The molecule has 8 aromatic rings. The van der Waals surface area contributed by atoms with Gasteiger partial charge in [0.25, 0.3) is 0 Å². The quantitative estimate of drug-likeness (QED) is 0.241. The minimum absolute atomic E-state index is 0.0416. The van der Waals surface area contributed by atoms with Crippen molar-refractivity contribution in [3.8, 4) is 27.9 Å². The van der Waals surface area contributed by atoms with Crippen molar-refractivity contribution >= 4 is 50.9 Å². The fourth-order valence-corrected chi connectivity index (χ4v) is 6.96. The van der Waals surface area contributed by atoms with Gasteiger partial charge in [0.2, 0.25) is 12.5 Å². The largest absolute Gasteiger partial charge is 0.279 e. The Morgan fingerprint density at radius 2 is 1.07 bits per heavy atom. The van der Waals surface area contributed by atoms with E-state index in [1.54, 1.807) is 0 Å². The van der Waals surface area contributed by atoms with E-state index >= 15 is 0 Å². The Hall–Kier alpha value is -5.35. The van der Waals surface area contributed by atoms with Crippen LogP contribution in [-0.4, -0.2) is 20.7 Å². The lowest BCUT2D eigenvalue weighted by Crippen LogP contribution is -2.57. The van der Waals surface area contributed by atoms with E-state index in [-0.39, 0.29) is 6.71 Å². The minimum Gasteiger partial charge on any atom is -0.279 e. The van der Waals surface area contributed by atoms with Gasteiger partial charge >= 0.3 is 0 Å². The number of hydrogen-bond donors (Lipinski definition) is 0. The number of aromatic nitrogens is 3. The first-order chi connectivity index (χ1) is 20.4. The van der Waals surface area contributed by atoms with Crippen LogP contribution in [-0.2, 0) is 0 Å². The zero-order valence-corrected chi connectivity index (χ0v) is 22.3.